The Balaban J connectivity index is 2.19. The van der Waals surface area contributed by atoms with Crippen LogP contribution in [0.5, 0.6) is 0 Å². The number of aromatic nitrogens is 1. The van der Waals surface area contributed by atoms with Crippen LogP contribution < -0.4 is 5.43 Å². The minimum atomic E-state index is -0.0939. The molecule has 0 fully saturated rings. The van der Waals surface area contributed by atoms with Crippen LogP contribution in [0, 0.1) is 0 Å². The van der Waals surface area contributed by atoms with E-state index in [4.69, 9.17) is 0 Å². The first-order valence-corrected chi connectivity index (χ1v) is 5.22. The fourth-order valence-corrected chi connectivity index (χ4v) is 1.91. The third-order valence-electron chi connectivity index (χ3n) is 1.70. The van der Waals surface area contributed by atoms with Crippen molar-refractivity contribution in [2.45, 2.75) is 6.92 Å². The molecule has 1 N–H and O–H groups in total. The van der Waals surface area contributed by atoms with Crippen LogP contribution in [-0.4, -0.2) is 17.0 Å². The average molecular weight is 219 g/mol. The van der Waals surface area contributed by atoms with Gasteiger partial charge in [0.05, 0.1) is 16.4 Å². The molecule has 15 heavy (non-hydrogen) atoms. The molecule has 0 amide bonds. The molecular weight excluding hydrogens is 210 g/mol. The predicted octanol–water partition coefficient (Wildman–Crippen LogP) is 2.28. The number of Topliss-reactive ketones (excluding diaryl/α,β-unsaturated/α-hetero) is 1. The molecule has 0 bridgehead atoms. The highest BCUT2D eigenvalue weighted by Gasteiger charge is 2.00. The van der Waals surface area contributed by atoms with Gasteiger partial charge in [0.1, 0.15) is 0 Å². The molecule has 1 aromatic heterocycles. The molecule has 0 atom stereocenters. The number of fused-ring (bicyclic) bond motifs is 1. The van der Waals surface area contributed by atoms with Gasteiger partial charge in [-0.15, -0.1) is 0 Å². The van der Waals surface area contributed by atoms with Gasteiger partial charge in [-0.2, -0.15) is 5.10 Å². The molecule has 0 aliphatic carbocycles. The van der Waals surface area contributed by atoms with Crippen molar-refractivity contribution in [2.24, 2.45) is 5.10 Å². The lowest BCUT2D eigenvalue weighted by atomic mass is 10.3. The largest absolute Gasteiger partial charge is 0.293 e. The lowest BCUT2D eigenvalue weighted by molar-refractivity contribution is -0.110. The van der Waals surface area contributed by atoms with Gasteiger partial charge in [-0.05, 0) is 12.1 Å². The molecule has 0 radical (unpaired) electrons. The molecule has 0 unspecified atom stereocenters. The maximum atomic E-state index is 10.6. The highest BCUT2D eigenvalue weighted by atomic mass is 32.1. The van der Waals surface area contributed by atoms with Crippen LogP contribution in [-0.2, 0) is 4.79 Å². The van der Waals surface area contributed by atoms with Crippen molar-refractivity contribution < 1.29 is 4.79 Å². The van der Waals surface area contributed by atoms with Gasteiger partial charge in [0.25, 0.3) is 0 Å². The number of nitrogens with zero attached hydrogens (tertiary/aromatic N) is 2. The lowest BCUT2D eigenvalue weighted by Gasteiger charge is -1.89. The number of hydrazone groups is 1. The molecule has 1 heterocycles. The number of para-hydroxylation sites is 1. The Morgan fingerprint density at radius 3 is 3.07 bits per heavy atom. The van der Waals surface area contributed by atoms with Crippen LogP contribution in [0.15, 0.2) is 29.4 Å². The molecule has 5 heteroatoms. The Morgan fingerprint density at radius 2 is 2.33 bits per heavy atom. The number of nitrogens with one attached hydrogen (secondary N) is 1. The second-order valence-electron chi connectivity index (χ2n) is 2.97. The summed E-state index contributed by atoms with van der Waals surface area (Å²) in [6, 6.07) is 7.83. The number of hydrogen-bond acceptors (Lipinski definition) is 5. The van der Waals surface area contributed by atoms with Gasteiger partial charge < -0.3 is 0 Å². The monoisotopic (exact) mass is 219 g/mol. The van der Waals surface area contributed by atoms with Gasteiger partial charge in [-0.1, -0.05) is 23.5 Å². The van der Waals surface area contributed by atoms with E-state index in [-0.39, 0.29) is 5.78 Å². The minimum absolute atomic E-state index is 0.0939. The van der Waals surface area contributed by atoms with E-state index in [2.05, 4.69) is 15.5 Å². The van der Waals surface area contributed by atoms with E-state index in [1.165, 1.54) is 24.5 Å². The third-order valence-corrected chi connectivity index (χ3v) is 2.64. The number of hydrogen-bond donors (Lipinski definition) is 1. The van der Waals surface area contributed by atoms with Gasteiger partial charge in [0.2, 0.25) is 5.13 Å². The normalized spacial score (nSPS) is 11.0. The summed E-state index contributed by atoms with van der Waals surface area (Å²) in [5.41, 5.74) is 3.65. The second-order valence-corrected chi connectivity index (χ2v) is 4.00. The zero-order chi connectivity index (χ0) is 10.7. The quantitative estimate of drug-likeness (QED) is 0.636. The first-order valence-electron chi connectivity index (χ1n) is 4.41. The first kappa shape index (κ1) is 9.79. The highest BCUT2D eigenvalue weighted by molar-refractivity contribution is 7.22. The van der Waals surface area contributed by atoms with Crippen LogP contribution >= 0.6 is 11.3 Å². The van der Waals surface area contributed by atoms with E-state index >= 15 is 0 Å². The molecule has 0 aliphatic heterocycles. The number of thiazole rings is 1. The second kappa shape index (κ2) is 4.18. The number of carbonyl (C=O) groups is 1. The Labute approximate surface area is 90.6 Å². The summed E-state index contributed by atoms with van der Waals surface area (Å²) in [6.45, 7) is 1.45. The van der Waals surface area contributed by atoms with Crippen LogP contribution in [0.1, 0.15) is 6.92 Å². The summed E-state index contributed by atoms with van der Waals surface area (Å²) in [5, 5.41) is 4.45. The summed E-state index contributed by atoms with van der Waals surface area (Å²) in [4.78, 5) is 14.9. The summed E-state index contributed by atoms with van der Waals surface area (Å²) < 4.78 is 1.10. The van der Waals surface area contributed by atoms with Crippen molar-refractivity contribution in [1.82, 2.24) is 4.98 Å². The fourth-order valence-electron chi connectivity index (χ4n) is 1.10. The highest BCUT2D eigenvalue weighted by Crippen LogP contribution is 2.24. The Bertz CT molecular complexity index is 485. The van der Waals surface area contributed by atoms with Crippen molar-refractivity contribution in [2.75, 3.05) is 5.43 Å². The van der Waals surface area contributed by atoms with Crippen molar-refractivity contribution in [3.05, 3.63) is 24.3 Å². The van der Waals surface area contributed by atoms with Crippen LogP contribution in [0.4, 0.5) is 5.13 Å². The average Bonchev–Trinajstić information content (AvgIpc) is 2.59. The molecule has 2 aromatic rings. The number of carbonyl (C=O) groups excluding carboxylic acids is 1. The van der Waals surface area contributed by atoms with Crippen LogP contribution in [0.25, 0.3) is 10.2 Å². The summed E-state index contributed by atoms with van der Waals surface area (Å²) in [5.74, 6) is -0.0939. The lowest BCUT2D eigenvalue weighted by Crippen LogP contribution is -1.94. The Hall–Kier alpha value is -1.75. The van der Waals surface area contributed by atoms with Crippen molar-refractivity contribution in [3.63, 3.8) is 0 Å². The van der Waals surface area contributed by atoms with E-state index in [0.717, 1.165) is 10.2 Å². The summed E-state index contributed by atoms with van der Waals surface area (Å²) in [7, 11) is 0. The van der Waals surface area contributed by atoms with E-state index in [1.54, 1.807) is 0 Å². The Morgan fingerprint density at radius 1 is 1.53 bits per heavy atom. The van der Waals surface area contributed by atoms with Crippen LogP contribution in [0.3, 0.4) is 0 Å². The first-order chi connectivity index (χ1) is 7.25. The molecule has 0 spiro atoms. The van der Waals surface area contributed by atoms with E-state index in [1.807, 2.05) is 24.3 Å². The summed E-state index contributed by atoms with van der Waals surface area (Å²) >= 11 is 1.50. The molecule has 0 saturated carbocycles. The predicted molar refractivity (Wildman–Crippen MR) is 62.4 cm³/mol. The molecular formula is C10H9N3OS. The van der Waals surface area contributed by atoms with Gasteiger partial charge in [-0.3, -0.25) is 10.2 Å². The van der Waals surface area contributed by atoms with Crippen molar-refractivity contribution >= 4 is 38.7 Å². The van der Waals surface area contributed by atoms with E-state index in [0.29, 0.717) is 5.13 Å². The zero-order valence-corrected chi connectivity index (χ0v) is 8.91. The van der Waals surface area contributed by atoms with Gasteiger partial charge in [-0.25, -0.2) is 4.98 Å². The molecule has 2 rings (SSSR count). The van der Waals surface area contributed by atoms with Crippen molar-refractivity contribution in [1.29, 1.82) is 0 Å². The maximum Gasteiger partial charge on any atom is 0.204 e. The molecule has 1 aromatic carbocycles. The van der Waals surface area contributed by atoms with E-state index < -0.39 is 0 Å². The van der Waals surface area contributed by atoms with Gasteiger partial charge >= 0.3 is 0 Å². The third kappa shape index (κ3) is 2.38. The number of benzene rings is 1. The standard InChI is InChI=1S/C10H9N3OS/c1-7(14)6-11-13-10-12-8-4-2-3-5-9(8)15-10/h2-6H,1H3,(H,12,13). The molecule has 4 nitrogen and oxygen atoms in total. The SMILES string of the molecule is CC(=O)C=NNc1nc2ccccc2s1. The number of ketones is 1. The van der Waals surface area contributed by atoms with Gasteiger partial charge in [0.15, 0.2) is 5.78 Å². The van der Waals surface area contributed by atoms with Gasteiger partial charge in [0, 0.05) is 6.92 Å². The Kier molecular flexibility index (Phi) is 2.73. The number of rotatable bonds is 3. The molecule has 0 saturated heterocycles. The topological polar surface area (TPSA) is 54.4 Å². The smallest absolute Gasteiger partial charge is 0.204 e. The minimum Gasteiger partial charge on any atom is -0.293 e. The zero-order valence-electron chi connectivity index (χ0n) is 8.10. The fraction of sp³-hybridized carbons (Fsp3) is 0.100. The molecule has 76 valence electrons. The van der Waals surface area contributed by atoms with Crippen LogP contribution in [0.2, 0.25) is 0 Å². The van der Waals surface area contributed by atoms with Crippen molar-refractivity contribution in [3.8, 4) is 0 Å². The maximum absolute atomic E-state index is 10.6. The number of anilines is 1. The van der Waals surface area contributed by atoms with E-state index in [9.17, 15) is 4.79 Å². The molecule has 0 aliphatic rings. The summed E-state index contributed by atoms with van der Waals surface area (Å²) in [6.07, 6.45) is 1.23.